The minimum absolute atomic E-state index is 0.0144. The number of ketones is 2. The van der Waals surface area contributed by atoms with Crippen LogP contribution in [-0.2, 0) is 28.6 Å². The molecule has 0 aromatic carbocycles. The quantitative estimate of drug-likeness (QED) is 0.435. The number of carbonyl (C=O) groups excluding carboxylic acids is 3. The van der Waals surface area contributed by atoms with E-state index in [-0.39, 0.29) is 30.0 Å². The minimum atomic E-state index is -1.32. The van der Waals surface area contributed by atoms with Crippen molar-refractivity contribution in [2.24, 2.45) is 22.7 Å². The van der Waals surface area contributed by atoms with Gasteiger partial charge in [0, 0.05) is 17.8 Å². The van der Waals surface area contributed by atoms with Gasteiger partial charge >= 0.3 is 5.97 Å². The molecular formula is C26H33BrO7. The predicted octanol–water partition coefficient (Wildman–Crippen LogP) is 3.42. The number of rotatable bonds is 3. The largest absolute Gasteiger partial charge is 0.458 e. The Balaban J connectivity index is 1.60. The van der Waals surface area contributed by atoms with E-state index in [0.717, 1.165) is 18.4 Å². The van der Waals surface area contributed by atoms with Crippen LogP contribution in [0.2, 0.25) is 0 Å². The number of hydrogen-bond acceptors (Lipinski definition) is 7. The summed E-state index contributed by atoms with van der Waals surface area (Å²) in [6, 6.07) is 0. The van der Waals surface area contributed by atoms with Crippen LogP contribution in [0.5, 0.6) is 0 Å². The Bertz CT molecular complexity index is 1030. The molecule has 0 spiro atoms. The lowest BCUT2D eigenvalue weighted by Gasteiger charge is -2.64. The highest BCUT2D eigenvalue weighted by atomic mass is 79.9. The van der Waals surface area contributed by atoms with Gasteiger partial charge in [-0.15, -0.1) is 0 Å². The maximum Gasteiger partial charge on any atom is 0.303 e. The predicted molar refractivity (Wildman–Crippen MR) is 126 cm³/mol. The van der Waals surface area contributed by atoms with Gasteiger partial charge in [-0.25, -0.2) is 0 Å². The molecule has 186 valence electrons. The molecule has 8 atom stereocenters. The van der Waals surface area contributed by atoms with E-state index in [1.165, 1.54) is 6.92 Å². The summed E-state index contributed by atoms with van der Waals surface area (Å²) in [6.45, 7) is 8.59. The third-order valence-corrected chi connectivity index (χ3v) is 11.4. The third-order valence-electron chi connectivity index (χ3n) is 9.45. The van der Waals surface area contributed by atoms with Gasteiger partial charge in [-0.1, -0.05) is 41.4 Å². The van der Waals surface area contributed by atoms with Crippen LogP contribution in [0, 0.1) is 22.7 Å². The van der Waals surface area contributed by atoms with Gasteiger partial charge in [0.1, 0.15) is 0 Å². The van der Waals surface area contributed by atoms with Gasteiger partial charge in [0.05, 0.1) is 16.5 Å². The molecule has 4 fully saturated rings. The van der Waals surface area contributed by atoms with Crippen LogP contribution >= 0.6 is 15.9 Å². The maximum absolute atomic E-state index is 13.7. The van der Waals surface area contributed by atoms with Crippen molar-refractivity contribution in [3.8, 4) is 0 Å². The van der Waals surface area contributed by atoms with Crippen molar-refractivity contribution in [3.05, 3.63) is 23.8 Å². The Morgan fingerprint density at radius 1 is 1.24 bits per heavy atom. The van der Waals surface area contributed by atoms with Crippen LogP contribution < -0.4 is 0 Å². The molecule has 3 saturated carbocycles. The van der Waals surface area contributed by atoms with Gasteiger partial charge in [0.25, 0.3) is 0 Å². The number of carbonyl (C=O) groups is 3. The van der Waals surface area contributed by atoms with E-state index in [1.54, 1.807) is 26.0 Å². The molecular weight excluding hydrogens is 504 g/mol. The summed E-state index contributed by atoms with van der Waals surface area (Å²) in [5, 5.41) is 11.8. The van der Waals surface area contributed by atoms with E-state index in [0.29, 0.717) is 12.8 Å². The monoisotopic (exact) mass is 536 g/mol. The molecule has 8 heteroatoms. The maximum atomic E-state index is 13.7. The van der Waals surface area contributed by atoms with Gasteiger partial charge in [-0.3, -0.25) is 14.4 Å². The second-order valence-electron chi connectivity index (χ2n) is 11.5. The molecule has 1 aliphatic heterocycles. The number of ether oxygens (including phenoxy) is 3. The number of Topliss-reactive ketones (excluding diaryl/α,β-unsaturated/α-hetero) is 1. The lowest BCUT2D eigenvalue weighted by atomic mass is 9.46. The van der Waals surface area contributed by atoms with Crippen molar-refractivity contribution in [2.45, 2.75) is 88.2 Å². The lowest BCUT2D eigenvalue weighted by Crippen LogP contribution is -2.69. The number of fused-ring (bicyclic) bond motifs is 7. The number of halogens is 1. The summed E-state index contributed by atoms with van der Waals surface area (Å²) in [7, 11) is 0. The third kappa shape index (κ3) is 2.88. The normalized spacial score (nSPS) is 48.3. The van der Waals surface area contributed by atoms with Crippen molar-refractivity contribution in [3.63, 3.8) is 0 Å². The Morgan fingerprint density at radius 3 is 2.62 bits per heavy atom. The molecule has 5 aliphatic rings. The van der Waals surface area contributed by atoms with Gasteiger partial charge < -0.3 is 19.3 Å². The zero-order valence-electron chi connectivity index (χ0n) is 20.4. The molecule has 4 aliphatic carbocycles. The van der Waals surface area contributed by atoms with E-state index in [4.69, 9.17) is 14.2 Å². The van der Waals surface area contributed by atoms with Crippen LogP contribution in [0.4, 0.5) is 0 Å². The average Bonchev–Trinajstić information content (AvgIpc) is 3.14. The van der Waals surface area contributed by atoms with Gasteiger partial charge in [-0.2, -0.15) is 0 Å². The molecule has 0 aromatic heterocycles. The summed E-state index contributed by atoms with van der Waals surface area (Å²) < 4.78 is 17.2. The van der Waals surface area contributed by atoms with Crippen LogP contribution in [-0.4, -0.2) is 57.2 Å². The Morgan fingerprint density at radius 2 is 1.94 bits per heavy atom. The zero-order chi connectivity index (χ0) is 24.9. The molecule has 0 bridgehead atoms. The highest BCUT2D eigenvalue weighted by molar-refractivity contribution is 9.10. The molecule has 34 heavy (non-hydrogen) atoms. The molecule has 1 N–H and O–H groups in total. The van der Waals surface area contributed by atoms with Gasteiger partial charge in [-0.05, 0) is 63.5 Å². The van der Waals surface area contributed by atoms with Gasteiger partial charge in [0.2, 0.25) is 5.78 Å². The Hall–Kier alpha value is -1.35. The van der Waals surface area contributed by atoms with Crippen molar-refractivity contribution < 1.29 is 33.7 Å². The number of allylic oxidation sites excluding steroid dienone is 4. The highest BCUT2D eigenvalue weighted by Gasteiger charge is 2.79. The lowest BCUT2D eigenvalue weighted by molar-refractivity contribution is -0.222. The first-order valence-electron chi connectivity index (χ1n) is 12.1. The van der Waals surface area contributed by atoms with E-state index in [2.05, 4.69) is 22.9 Å². The van der Waals surface area contributed by atoms with Crippen LogP contribution in [0.15, 0.2) is 23.8 Å². The van der Waals surface area contributed by atoms with Gasteiger partial charge in [0.15, 0.2) is 23.8 Å². The average molecular weight is 537 g/mol. The SMILES string of the molecule is CC(=O)OCC(=O)[C@@]12OC(C)(C)O[C@@H]1C[C@H]1[C@@H]3CCC4=CC(=O)C=C[C@]4(C)[C@@]3(Br)[C@@H](O)C[C@@]12C. The van der Waals surface area contributed by atoms with Crippen molar-refractivity contribution >= 4 is 33.5 Å². The summed E-state index contributed by atoms with van der Waals surface area (Å²) in [5.41, 5.74) is -1.54. The molecule has 5 rings (SSSR count). The van der Waals surface area contributed by atoms with E-state index >= 15 is 0 Å². The first kappa shape index (κ1) is 24.3. The molecule has 0 radical (unpaired) electrons. The molecule has 0 amide bonds. The first-order chi connectivity index (χ1) is 15.7. The fourth-order valence-corrected chi connectivity index (χ4v) is 9.18. The summed E-state index contributed by atoms with van der Waals surface area (Å²) in [6.07, 6.45) is 6.36. The first-order valence-corrected chi connectivity index (χ1v) is 12.9. The smallest absolute Gasteiger partial charge is 0.303 e. The van der Waals surface area contributed by atoms with E-state index in [9.17, 15) is 19.5 Å². The van der Waals surface area contributed by atoms with Crippen molar-refractivity contribution in [1.82, 2.24) is 0 Å². The number of esters is 1. The molecule has 0 unspecified atom stereocenters. The molecule has 1 saturated heterocycles. The number of hydrogen-bond donors (Lipinski definition) is 1. The fourth-order valence-electron chi connectivity index (χ4n) is 8.08. The van der Waals surface area contributed by atoms with Crippen molar-refractivity contribution in [1.29, 1.82) is 0 Å². The topological polar surface area (TPSA) is 99.1 Å². The standard InChI is InChI=1S/C26H33BrO7/c1-14(28)32-13-20(31)26-21(33-22(2,3)34-26)11-18-17-7-6-15-10-16(29)8-9-23(15,4)25(17,27)19(30)12-24(18,26)5/h8-10,17-19,21,30H,6-7,11-13H2,1-5H3/t17-,18-,19-,21+,23-,24-,25-,26+/m0/s1. The number of aliphatic hydroxyl groups excluding tert-OH is 1. The van der Waals surface area contributed by atoms with Crippen LogP contribution in [0.25, 0.3) is 0 Å². The molecule has 7 nitrogen and oxygen atoms in total. The van der Waals surface area contributed by atoms with Crippen molar-refractivity contribution in [2.75, 3.05) is 6.61 Å². The summed E-state index contributed by atoms with van der Waals surface area (Å²) in [4.78, 5) is 37.3. The Kier molecular flexibility index (Phi) is 5.26. The summed E-state index contributed by atoms with van der Waals surface area (Å²) in [5.74, 6) is -1.81. The second kappa shape index (κ2) is 7.34. The second-order valence-corrected chi connectivity index (χ2v) is 12.9. The fraction of sp³-hybridized carbons (Fsp3) is 0.731. The van der Waals surface area contributed by atoms with Crippen LogP contribution in [0.3, 0.4) is 0 Å². The van der Waals surface area contributed by atoms with E-state index < -0.39 is 44.7 Å². The molecule has 0 aromatic rings. The summed E-state index contributed by atoms with van der Waals surface area (Å²) >= 11 is 4.03. The Labute approximate surface area is 208 Å². The van der Waals surface area contributed by atoms with Crippen LogP contribution in [0.1, 0.15) is 60.3 Å². The minimum Gasteiger partial charge on any atom is -0.458 e. The molecule has 1 heterocycles. The highest BCUT2D eigenvalue weighted by Crippen LogP contribution is 2.73. The zero-order valence-corrected chi connectivity index (χ0v) is 21.9. The van der Waals surface area contributed by atoms with E-state index in [1.807, 2.05) is 13.0 Å². The number of aliphatic hydroxyl groups is 1. The number of alkyl halides is 1.